The van der Waals surface area contributed by atoms with Gasteiger partial charge in [0.15, 0.2) is 0 Å². The molecule has 3 fully saturated rings. The molecule has 5 rings (SSSR count). The molecule has 4 aliphatic rings. The molecule has 1 aromatic rings. The second-order valence-corrected chi connectivity index (χ2v) is 14.9. The van der Waals surface area contributed by atoms with Crippen LogP contribution in [0.4, 0.5) is 4.79 Å². The highest BCUT2D eigenvalue weighted by Crippen LogP contribution is 2.33. The SMILES string of the molecule is C[C@H](C(=O)N[C@H](C(=O)N1C[C@H]2CCCN2C[C@H]1C(=O)NC1CCCc2ccccc21)C1CCCCC1)C(NC(=O)O)C(C)(C)C. The minimum atomic E-state index is -1.18. The zero-order valence-electron chi connectivity index (χ0n) is 27.5. The Labute approximate surface area is 268 Å². The van der Waals surface area contributed by atoms with Crippen LogP contribution in [0.5, 0.6) is 0 Å². The quantitative estimate of drug-likeness (QED) is 0.343. The Morgan fingerprint density at radius 2 is 1.64 bits per heavy atom. The molecule has 0 bridgehead atoms. The summed E-state index contributed by atoms with van der Waals surface area (Å²) < 4.78 is 0. The Bertz CT molecular complexity index is 1240. The van der Waals surface area contributed by atoms with Gasteiger partial charge in [0, 0.05) is 25.2 Å². The molecule has 0 aromatic heterocycles. The highest BCUT2D eigenvalue weighted by molar-refractivity contribution is 5.93. The molecule has 2 saturated heterocycles. The fraction of sp³-hybridized carbons (Fsp3) is 0.714. The zero-order chi connectivity index (χ0) is 32.3. The minimum Gasteiger partial charge on any atom is -0.465 e. The molecule has 6 atom stereocenters. The molecule has 1 saturated carbocycles. The first kappa shape index (κ1) is 33.2. The monoisotopic (exact) mass is 623 g/mol. The number of benzene rings is 1. The van der Waals surface area contributed by atoms with E-state index in [1.807, 2.05) is 32.9 Å². The van der Waals surface area contributed by atoms with Crippen LogP contribution in [0, 0.1) is 17.3 Å². The lowest BCUT2D eigenvalue weighted by Gasteiger charge is -2.45. The summed E-state index contributed by atoms with van der Waals surface area (Å²) in [6, 6.07) is 6.37. The maximum absolute atomic E-state index is 14.7. The minimum absolute atomic E-state index is 0.0292. The Balaban J connectivity index is 1.39. The Kier molecular flexibility index (Phi) is 10.4. The van der Waals surface area contributed by atoms with Crippen molar-refractivity contribution in [1.29, 1.82) is 0 Å². The molecule has 2 aliphatic heterocycles. The van der Waals surface area contributed by atoms with E-state index >= 15 is 0 Å². The lowest BCUT2D eigenvalue weighted by Crippen LogP contribution is -2.66. The van der Waals surface area contributed by atoms with Crippen molar-refractivity contribution in [3.63, 3.8) is 0 Å². The normalized spacial score (nSPS) is 26.1. The largest absolute Gasteiger partial charge is 0.465 e. The van der Waals surface area contributed by atoms with E-state index in [1.165, 1.54) is 5.56 Å². The van der Waals surface area contributed by atoms with Crippen LogP contribution in [-0.4, -0.2) is 82.5 Å². The van der Waals surface area contributed by atoms with Gasteiger partial charge in [-0.2, -0.15) is 0 Å². The molecule has 0 spiro atoms. The third-order valence-electron chi connectivity index (χ3n) is 10.8. The van der Waals surface area contributed by atoms with Crippen LogP contribution in [0.2, 0.25) is 0 Å². The summed E-state index contributed by atoms with van der Waals surface area (Å²) in [6.45, 7) is 9.31. The summed E-state index contributed by atoms with van der Waals surface area (Å²) in [5.41, 5.74) is 1.92. The topological polar surface area (TPSA) is 131 Å². The predicted octanol–water partition coefficient (Wildman–Crippen LogP) is 4.24. The fourth-order valence-corrected chi connectivity index (χ4v) is 8.35. The number of rotatable bonds is 8. The smallest absolute Gasteiger partial charge is 0.404 e. The van der Waals surface area contributed by atoms with E-state index in [2.05, 4.69) is 33.0 Å². The van der Waals surface area contributed by atoms with Crippen LogP contribution in [0.3, 0.4) is 0 Å². The number of hydrogen-bond acceptors (Lipinski definition) is 5. The molecule has 4 amide bonds. The maximum Gasteiger partial charge on any atom is 0.404 e. The van der Waals surface area contributed by atoms with E-state index in [0.717, 1.165) is 76.3 Å². The zero-order valence-corrected chi connectivity index (χ0v) is 27.5. The first-order chi connectivity index (χ1) is 21.4. The van der Waals surface area contributed by atoms with Gasteiger partial charge < -0.3 is 26.0 Å². The van der Waals surface area contributed by atoms with Crippen molar-refractivity contribution in [2.24, 2.45) is 17.3 Å². The predicted molar refractivity (Wildman–Crippen MR) is 172 cm³/mol. The van der Waals surface area contributed by atoms with Gasteiger partial charge in [0.05, 0.1) is 12.0 Å². The van der Waals surface area contributed by atoms with Gasteiger partial charge in [0.1, 0.15) is 12.1 Å². The average Bonchev–Trinajstić information content (AvgIpc) is 3.49. The number of fused-ring (bicyclic) bond motifs is 2. The molecular weight excluding hydrogens is 570 g/mol. The number of carbonyl (C=O) groups is 4. The van der Waals surface area contributed by atoms with E-state index < -0.39 is 35.6 Å². The van der Waals surface area contributed by atoms with Crippen molar-refractivity contribution in [2.75, 3.05) is 19.6 Å². The Morgan fingerprint density at radius 1 is 0.911 bits per heavy atom. The molecule has 4 N–H and O–H groups in total. The first-order valence-electron chi connectivity index (χ1n) is 17.2. The lowest BCUT2D eigenvalue weighted by molar-refractivity contribution is -0.150. The molecule has 2 heterocycles. The van der Waals surface area contributed by atoms with E-state index in [0.29, 0.717) is 13.1 Å². The van der Waals surface area contributed by atoms with Crippen LogP contribution < -0.4 is 16.0 Å². The van der Waals surface area contributed by atoms with Gasteiger partial charge in [-0.1, -0.05) is 71.2 Å². The second kappa shape index (κ2) is 14.1. The lowest BCUT2D eigenvalue weighted by atomic mass is 9.78. The van der Waals surface area contributed by atoms with Crippen molar-refractivity contribution in [2.45, 2.75) is 122 Å². The number of carboxylic acid groups (broad SMARTS) is 1. The molecule has 45 heavy (non-hydrogen) atoms. The molecule has 10 heteroatoms. The standard InChI is InChI=1S/C35H53N5O5/c1-22(30(35(2,3)4)38-34(44)45)31(41)37-29(24-13-6-5-7-14-24)33(43)40-20-25-16-11-19-39(25)21-28(40)32(42)36-27-18-10-15-23-12-8-9-17-26(23)27/h8-9,12,17,22,24-25,27-30,38H,5-7,10-11,13-16,18-21H2,1-4H3,(H,36,42)(H,37,41)(H,44,45)/t22-,25+,27?,28-,29-,30?/m0/s1. The summed E-state index contributed by atoms with van der Waals surface area (Å²) in [5.74, 6) is -1.38. The summed E-state index contributed by atoms with van der Waals surface area (Å²) in [4.78, 5) is 58.4. The van der Waals surface area contributed by atoms with Crippen LogP contribution >= 0.6 is 0 Å². The van der Waals surface area contributed by atoms with Crippen LogP contribution in [0.15, 0.2) is 24.3 Å². The van der Waals surface area contributed by atoms with Crippen LogP contribution in [-0.2, 0) is 20.8 Å². The van der Waals surface area contributed by atoms with Crippen LogP contribution in [0.1, 0.15) is 103 Å². The van der Waals surface area contributed by atoms with Crippen LogP contribution in [0.25, 0.3) is 0 Å². The highest BCUT2D eigenvalue weighted by Gasteiger charge is 2.46. The molecule has 2 aliphatic carbocycles. The van der Waals surface area contributed by atoms with E-state index in [9.17, 15) is 24.3 Å². The summed E-state index contributed by atoms with van der Waals surface area (Å²) >= 11 is 0. The highest BCUT2D eigenvalue weighted by atomic mass is 16.4. The Hall–Kier alpha value is -3.14. The number of amides is 4. The van der Waals surface area contributed by atoms with Gasteiger partial charge >= 0.3 is 6.09 Å². The number of piperazine rings is 1. The van der Waals surface area contributed by atoms with Gasteiger partial charge in [-0.05, 0) is 74.0 Å². The molecule has 10 nitrogen and oxygen atoms in total. The van der Waals surface area contributed by atoms with Crippen molar-refractivity contribution in [1.82, 2.24) is 25.8 Å². The third kappa shape index (κ3) is 7.64. The fourth-order valence-electron chi connectivity index (χ4n) is 8.35. The first-order valence-corrected chi connectivity index (χ1v) is 17.2. The molecule has 1 aromatic carbocycles. The Morgan fingerprint density at radius 3 is 2.36 bits per heavy atom. The van der Waals surface area contributed by atoms with Gasteiger partial charge in [-0.25, -0.2) is 4.79 Å². The van der Waals surface area contributed by atoms with Gasteiger partial charge in [-0.3, -0.25) is 19.3 Å². The number of nitrogens with one attached hydrogen (secondary N) is 3. The number of nitrogens with zero attached hydrogens (tertiary/aromatic N) is 2. The molecule has 2 unspecified atom stereocenters. The van der Waals surface area contributed by atoms with Gasteiger partial charge in [0.25, 0.3) is 0 Å². The average molecular weight is 624 g/mol. The number of carbonyl (C=O) groups excluding carboxylic acids is 3. The number of hydrogen-bond donors (Lipinski definition) is 4. The summed E-state index contributed by atoms with van der Waals surface area (Å²) in [7, 11) is 0. The van der Waals surface area contributed by atoms with Crippen molar-refractivity contribution >= 4 is 23.8 Å². The maximum atomic E-state index is 14.7. The van der Waals surface area contributed by atoms with Gasteiger partial charge in [-0.15, -0.1) is 0 Å². The van der Waals surface area contributed by atoms with Crippen molar-refractivity contribution in [3.05, 3.63) is 35.4 Å². The summed E-state index contributed by atoms with van der Waals surface area (Å²) in [6.07, 6.45) is 8.48. The van der Waals surface area contributed by atoms with E-state index in [4.69, 9.17) is 0 Å². The van der Waals surface area contributed by atoms with Crippen molar-refractivity contribution < 1.29 is 24.3 Å². The third-order valence-corrected chi connectivity index (χ3v) is 10.8. The van der Waals surface area contributed by atoms with Gasteiger partial charge in [0.2, 0.25) is 17.7 Å². The van der Waals surface area contributed by atoms with E-state index in [-0.39, 0.29) is 35.7 Å². The summed E-state index contributed by atoms with van der Waals surface area (Å²) in [5, 5.41) is 18.5. The van der Waals surface area contributed by atoms with E-state index in [1.54, 1.807) is 11.8 Å². The second-order valence-electron chi connectivity index (χ2n) is 14.9. The van der Waals surface area contributed by atoms with Crippen molar-refractivity contribution in [3.8, 4) is 0 Å². The molecular formula is C35H53N5O5. The molecule has 0 radical (unpaired) electrons. The molecule has 248 valence electrons. The number of aryl methyl sites for hydroxylation is 1.